The molecule has 19 heavy (non-hydrogen) atoms. The van der Waals surface area contributed by atoms with E-state index in [0.29, 0.717) is 12.3 Å². The molecule has 1 aromatic heterocycles. The molecular weight excluding hydrogens is 265 g/mol. The monoisotopic (exact) mass is 281 g/mol. The van der Waals surface area contributed by atoms with Crippen LogP contribution in [0.5, 0.6) is 5.75 Å². The Morgan fingerprint density at radius 3 is 2.84 bits per heavy atom. The van der Waals surface area contributed by atoms with Crippen LogP contribution in [0.2, 0.25) is 0 Å². The summed E-state index contributed by atoms with van der Waals surface area (Å²) in [6.07, 6.45) is 0. The summed E-state index contributed by atoms with van der Waals surface area (Å²) in [7, 11) is 1.58. The Kier molecular flexibility index (Phi) is 4.44. The Hall–Kier alpha value is -1.53. The van der Waals surface area contributed by atoms with Crippen molar-refractivity contribution in [3.8, 4) is 5.75 Å². The molecule has 0 amide bonds. The van der Waals surface area contributed by atoms with E-state index in [4.69, 9.17) is 4.74 Å². The summed E-state index contributed by atoms with van der Waals surface area (Å²) in [6, 6.07) is 4.48. The first kappa shape index (κ1) is 13.9. The van der Waals surface area contributed by atoms with E-state index in [1.807, 2.05) is 13.8 Å². The third kappa shape index (κ3) is 3.48. The first-order valence-corrected chi connectivity index (χ1v) is 6.77. The average Bonchev–Trinajstić information content (AvgIpc) is 2.81. The second-order valence-corrected chi connectivity index (χ2v) is 5.47. The molecule has 0 aliphatic heterocycles. The van der Waals surface area contributed by atoms with Crippen LogP contribution in [-0.2, 0) is 6.54 Å². The summed E-state index contributed by atoms with van der Waals surface area (Å²) < 4.78 is 18.6. The van der Waals surface area contributed by atoms with Crippen LogP contribution in [-0.4, -0.2) is 17.3 Å². The van der Waals surface area contributed by atoms with Crippen molar-refractivity contribution in [1.82, 2.24) is 15.5 Å². The number of methoxy groups -OCH3 is 1. The SMILES string of the molecule is COc1ccc(F)cc1[C@H](C)NCc1nnc(C)s1. The number of aromatic nitrogens is 2. The topological polar surface area (TPSA) is 47.0 Å². The number of ether oxygens (including phenoxy) is 1. The van der Waals surface area contributed by atoms with Crippen LogP contribution in [0.3, 0.4) is 0 Å². The number of hydrogen-bond acceptors (Lipinski definition) is 5. The van der Waals surface area contributed by atoms with Crippen LogP contribution in [0.15, 0.2) is 18.2 Å². The molecule has 0 fully saturated rings. The second-order valence-electron chi connectivity index (χ2n) is 4.20. The average molecular weight is 281 g/mol. The van der Waals surface area contributed by atoms with Gasteiger partial charge in [-0.25, -0.2) is 4.39 Å². The summed E-state index contributed by atoms with van der Waals surface area (Å²) in [5.74, 6) is 0.408. The highest BCUT2D eigenvalue weighted by Gasteiger charge is 2.13. The fourth-order valence-electron chi connectivity index (χ4n) is 1.80. The molecule has 1 aromatic carbocycles. The van der Waals surface area contributed by atoms with E-state index in [9.17, 15) is 4.39 Å². The Bertz CT molecular complexity index is 559. The summed E-state index contributed by atoms with van der Waals surface area (Å²) in [5, 5.41) is 13.1. The number of nitrogens with one attached hydrogen (secondary N) is 1. The maximum atomic E-state index is 13.3. The van der Waals surface area contributed by atoms with Crippen LogP contribution in [0.4, 0.5) is 4.39 Å². The fraction of sp³-hybridized carbons (Fsp3) is 0.385. The number of halogens is 1. The number of nitrogens with zero attached hydrogens (tertiary/aromatic N) is 2. The maximum Gasteiger partial charge on any atom is 0.131 e. The molecule has 6 heteroatoms. The minimum atomic E-state index is -0.267. The standard InChI is InChI=1S/C13H16FN3OS/c1-8(15-7-13-17-16-9(2)19-13)11-6-10(14)4-5-12(11)18-3/h4-6,8,15H,7H2,1-3H3/t8-/m0/s1. The van der Waals surface area contributed by atoms with Gasteiger partial charge in [-0.3, -0.25) is 0 Å². The van der Waals surface area contributed by atoms with Crippen molar-refractivity contribution in [2.75, 3.05) is 7.11 Å². The molecule has 4 nitrogen and oxygen atoms in total. The normalized spacial score (nSPS) is 12.4. The first-order valence-electron chi connectivity index (χ1n) is 5.96. The third-order valence-electron chi connectivity index (χ3n) is 2.79. The summed E-state index contributed by atoms with van der Waals surface area (Å²) in [6.45, 7) is 4.48. The largest absolute Gasteiger partial charge is 0.496 e. The van der Waals surface area contributed by atoms with Gasteiger partial charge in [0.2, 0.25) is 0 Å². The zero-order valence-corrected chi connectivity index (χ0v) is 11.9. The van der Waals surface area contributed by atoms with E-state index < -0.39 is 0 Å². The third-order valence-corrected chi connectivity index (χ3v) is 3.62. The van der Waals surface area contributed by atoms with Crippen LogP contribution in [0, 0.1) is 12.7 Å². The van der Waals surface area contributed by atoms with E-state index in [-0.39, 0.29) is 11.9 Å². The second kappa shape index (κ2) is 6.08. The molecule has 0 unspecified atom stereocenters. The van der Waals surface area contributed by atoms with Crippen molar-refractivity contribution in [3.63, 3.8) is 0 Å². The molecule has 1 N–H and O–H groups in total. The van der Waals surface area contributed by atoms with Gasteiger partial charge in [0.05, 0.1) is 13.7 Å². The van der Waals surface area contributed by atoms with Crippen molar-refractivity contribution in [1.29, 1.82) is 0 Å². The van der Waals surface area contributed by atoms with Crippen molar-refractivity contribution in [2.24, 2.45) is 0 Å². The molecule has 1 atom stereocenters. The Morgan fingerprint density at radius 1 is 1.42 bits per heavy atom. The molecule has 0 radical (unpaired) electrons. The molecule has 1 heterocycles. The van der Waals surface area contributed by atoms with Crippen LogP contribution in [0.25, 0.3) is 0 Å². The zero-order valence-electron chi connectivity index (χ0n) is 11.1. The van der Waals surface area contributed by atoms with Crippen LogP contribution >= 0.6 is 11.3 Å². The molecule has 102 valence electrons. The van der Waals surface area contributed by atoms with Gasteiger partial charge < -0.3 is 10.1 Å². The van der Waals surface area contributed by atoms with Gasteiger partial charge in [0.1, 0.15) is 21.6 Å². The molecule has 2 aromatic rings. The number of benzene rings is 1. The minimum Gasteiger partial charge on any atom is -0.496 e. The molecular formula is C13H16FN3OS. The fourth-order valence-corrected chi connectivity index (χ4v) is 2.46. The van der Waals surface area contributed by atoms with Crippen LogP contribution < -0.4 is 10.1 Å². The molecule has 0 bridgehead atoms. The molecule has 0 saturated heterocycles. The van der Waals surface area contributed by atoms with E-state index in [1.54, 1.807) is 24.5 Å². The Balaban J connectivity index is 2.06. The smallest absolute Gasteiger partial charge is 0.131 e. The molecule has 0 aliphatic carbocycles. The van der Waals surface area contributed by atoms with Crippen molar-refractivity contribution in [2.45, 2.75) is 26.4 Å². The lowest BCUT2D eigenvalue weighted by molar-refractivity contribution is 0.399. The summed E-state index contributed by atoms with van der Waals surface area (Å²) in [4.78, 5) is 0. The van der Waals surface area contributed by atoms with Gasteiger partial charge in [-0.05, 0) is 32.0 Å². The predicted molar refractivity (Wildman–Crippen MR) is 72.9 cm³/mol. The van der Waals surface area contributed by atoms with E-state index >= 15 is 0 Å². The van der Waals surface area contributed by atoms with Gasteiger partial charge >= 0.3 is 0 Å². The molecule has 0 spiro atoms. The predicted octanol–water partition coefficient (Wildman–Crippen LogP) is 2.85. The summed E-state index contributed by atoms with van der Waals surface area (Å²) >= 11 is 1.55. The molecule has 0 aliphatic rings. The highest BCUT2D eigenvalue weighted by Crippen LogP contribution is 2.26. The maximum absolute atomic E-state index is 13.3. The lowest BCUT2D eigenvalue weighted by Crippen LogP contribution is -2.18. The number of aryl methyl sites for hydroxylation is 1. The van der Waals surface area contributed by atoms with E-state index in [1.165, 1.54) is 12.1 Å². The van der Waals surface area contributed by atoms with Gasteiger partial charge in [0.25, 0.3) is 0 Å². The minimum absolute atomic E-state index is 0.0325. The van der Waals surface area contributed by atoms with Gasteiger partial charge in [-0.1, -0.05) is 0 Å². The Morgan fingerprint density at radius 2 is 2.21 bits per heavy atom. The molecule has 0 saturated carbocycles. The molecule has 2 rings (SSSR count). The van der Waals surface area contributed by atoms with Crippen molar-refractivity contribution in [3.05, 3.63) is 39.6 Å². The summed E-state index contributed by atoms with van der Waals surface area (Å²) in [5.41, 5.74) is 0.795. The van der Waals surface area contributed by atoms with Crippen molar-refractivity contribution < 1.29 is 9.13 Å². The number of rotatable bonds is 5. The van der Waals surface area contributed by atoms with Gasteiger partial charge in [-0.15, -0.1) is 21.5 Å². The quantitative estimate of drug-likeness (QED) is 0.915. The Labute approximate surface area is 115 Å². The highest BCUT2D eigenvalue weighted by atomic mass is 32.1. The lowest BCUT2D eigenvalue weighted by atomic mass is 10.1. The van der Waals surface area contributed by atoms with Crippen LogP contribution in [0.1, 0.15) is 28.5 Å². The van der Waals surface area contributed by atoms with E-state index in [2.05, 4.69) is 15.5 Å². The first-order chi connectivity index (χ1) is 9.10. The lowest BCUT2D eigenvalue weighted by Gasteiger charge is -2.16. The van der Waals surface area contributed by atoms with Gasteiger partial charge in [-0.2, -0.15) is 0 Å². The van der Waals surface area contributed by atoms with Gasteiger partial charge in [0.15, 0.2) is 0 Å². The zero-order chi connectivity index (χ0) is 13.8. The number of hydrogen-bond donors (Lipinski definition) is 1. The highest BCUT2D eigenvalue weighted by molar-refractivity contribution is 7.11. The van der Waals surface area contributed by atoms with E-state index in [0.717, 1.165) is 15.6 Å². The van der Waals surface area contributed by atoms with Crippen molar-refractivity contribution >= 4 is 11.3 Å². The van der Waals surface area contributed by atoms with Gasteiger partial charge in [0, 0.05) is 11.6 Å².